The summed E-state index contributed by atoms with van der Waals surface area (Å²) in [5, 5.41) is 15.8. The quantitative estimate of drug-likeness (QED) is 0.641. The van der Waals surface area contributed by atoms with Crippen LogP contribution in [0.1, 0.15) is 31.2 Å². The van der Waals surface area contributed by atoms with Crippen molar-refractivity contribution in [2.45, 2.75) is 38.8 Å². The number of benzene rings is 1. The minimum atomic E-state index is -1.26. The SMILES string of the molecule is Cc1nccn1CCCCNC(=O)NCC(C)(O)c1ccc(F)cc1. The van der Waals surface area contributed by atoms with Crippen LogP contribution in [-0.2, 0) is 12.1 Å². The maximum Gasteiger partial charge on any atom is 0.314 e. The molecule has 7 heteroatoms. The number of carbonyl (C=O) groups excluding carboxylic acids is 1. The fourth-order valence-electron chi connectivity index (χ4n) is 2.48. The predicted octanol–water partition coefficient (Wildman–Crippen LogP) is 2.32. The number of aryl methyl sites for hydroxylation is 2. The Morgan fingerprint density at radius 3 is 2.64 bits per heavy atom. The Labute approximate surface area is 147 Å². The van der Waals surface area contributed by atoms with Gasteiger partial charge in [-0.2, -0.15) is 0 Å². The number of nitrogens with zero attached hydrogens (tertiary/aromatic N) is 2. The lowest BCUT2D eigenvalue weighted by atomic mass is 9.96. The number of urea groups is 1. The molecular weight excluding hydrogens is 323 g/mol. The van der Waals surface area contributed by atoms with Crippen LogP contribution < -0.4 is 10.6 Å². The third-order valence-electron chi connectivity index (χ3n) is 4.09. The van der Waals surface area contributed by atoms with Gasteiger partial charge in [0.25, 0.3) is 0 Å². The summed E-state index contributed by atoms with van der Waals surface area (Å²) in [6.45, 7) is 5.00. The van der Waals surface area contributed by atoms with Crippen LogP contribution in [0.2, 0.25) is 0 Å². The van der Waals surface area contributed by atoms with Crippen molar-refractivity contribution in [1.29, 1.82) is 0 Å². The zero-order valence-electron chi connectivity index (χ0n) is 14.6. The lowest BCUT2D eigenvalue weighted by Crippen LogP contribution is -2.43. The maximum atomic E-state index is 12.9. The lowest BCUT2D eigenvalue weighted by molar-refractivity contribution is 0.0593. The van der Waals surface area contributed by atoms with Crippen LogP contribution in [0.25, 0.3) is 0 Å². The third kappa shape index (κ3) is 5.86. The van der Waals surface area contributed by atoms with Crippen molar-refractivity contribution in [2.75, 3.05) is 13.1 Å². The molecule has 2 amide bonds. The number of carbonyl (C=O) groups is 1. The highest BCUT2D eigenvalue weighted by Crippen LogP contribution is 2.19. The van der Waals surface area contributed by atoms with E-state index in [1.807, 2.05) is 13.1 Å². The minimum Gasteiger partial charge on any atom is -0.384 e. The molecule has 3 N–H and O–H groups in total. The number of hydrogen-bond donors (Lipinski definition) is 3. The Hall–Kier alpha value is -2.41. The van der Waals surface area contributed by atoms with Crippen molar-refractivity contribution in [2.24, 2.45) is 0 Å². The number of nitrogens with one attached hydrogen (secondary N) is 2. The number of unbranched alkanes of at least 4 members (excludes halogenated alkanes) is 1. The van der Waals surface area contributed by atoms with Crippen molar-refractivity contribution in [1.82, 2.24) is 20.2 Å². The highest BCUT2D eigenvalue weighted by Gasteiger charge is 2.23. The summed E-state index contributed by atoms with van der Waals surface area (Å²) in [4.78, 5) is 16.0. The van der Waals surface area contributed by atoms with Crippen LogP contribution in [0.15, 0.2) is 36.7 Å². The molecule has 2 aromatic rings. The standard InChI is InChI=1S/C18H25FN4O2/c1-14-20-10-12-23(14)11-4-3-9-21-17(24)22-13-18(2,25)15-5-7-16(19)8-6-15/h5-8,10,12,25H,3-4,9,11,13H2,1-2H3,(H2,21,22,24). The van der Waals surface area contributed by atoms with E-state index in [4.69, 9.17) is 0 Å². The molecule has 2 rings (SSSR count). The van der Waals surface area contributed by atoms with Gasteiger partial charge in [-0.3, -0.25) is 0 Å². The van der Waals surface area contributed by atoms with E-state index in [-0.39, 0.29) is 18.4 Å². The van der Waals surface area contributed by atoms with E-state index in [0.717, 1.165) is 25.2 Å². The van der Waals surface area contributed by atoms with Crippen molar-refractivity contribution in [3.63, 3.8) is 0 Å². The number of aliphatic hydroxyl groups is 1. The van der Waals surface area contributed by atoms with Crippen LogP contribution in [0, 0.1) is 12.7 Å². The molecule has 0 bridgehead atoms. The first-order valence-corrected chi connectivity index (χ1v) is 8.36. The number of aromatic nitrogens is 2. The van der Waals surface area contributed by atoms with E-state index >= 15 is 0 Å². The normalized spacial score (nSPS) is 13.3. The summed E-state index contributed by atoms with van der Waals surface area (Å²) >= 11 is 0. The number of imidazole rings is 1. The predicted molar refractivity (Wildman–Crippen MR) is 93.6 cm³/mol. The summed E-state index contributed by atoms with van der Waals surface area (Å²) in [6, 6.07) is 5.25. The van der Waals surface area contributed by atoms with Gasteiger partial charge in [-0.25, -0.2) is 14.2 Å². The first kappa shape index (κ1) is 18.9. The van der Waals surface area contributed by atoms with Gasteiger partial charge in [0.05, 0.1) is 6.54 Å². The molecule has 0 spiro atoms. The molecule has 1 unspecified atom stereocenters. The molecule has 6 nitrogen and oxygen atoms in total. The smallest absolute Gasteiger partial charge is 0.314 e. The first-order valence-electron chi connectivity index (χ1n) is 8.36. The monoisotopic (exact) mass is 348 g/mol. The Morgan fingerprint density at radius 1 is 1.28 bits per heavy atom. The molecule has 25 heavy (non-hydrogen) atoms. The molecule has 0 aliphatic heterocycles. The molecule has 1 aromatic heterocycles. The van der Waals surface area contributed by atoms with Gasteiger partial charge in [0.2, 0.25) is 0 Å². The molecule has 136 valence electrons. The van der Waals surface area contributed by atoms with Crippen molar-refractivity contribution in [3.05, 3.63) is 53.9 Å². The van der Waals surface area contributed by atoms with Crippen LogP contribution in [0.4, 0.5) is 9.18 Å². The van der Waals surface area contributed by atoms with E-state index in [2.05, 4.69) is 20.2 Å². The van der Waals surface area contributed by atoms with Crippen molar-refractivity contribution < 1.29 is 14.3 Å². The van der Waals surface area contributed by atoms with E-state index in [1.165, 1.54) is 24.3 Å². The highest BCUT2D eigenvalue weighted by molar-refractivity contribution is 5.73. The molecule has 0 aliphatic carbocycles. The van der Waals surface area contributed by atoms with Crippen molar-refractivity contribution >= 4 is 6.03 Å². The van der Waals surface area contributed by atoms with Gasteiger partial charge in [-0.15, -0.1) is 0 Å². The van der Waals surface area contributed by atoms with E-state index in [9.17, 15) is 14.3 Å². The summed E-state index contributed by atoms with van der Waals surface area (Å²) in [5.41, 5.74) is -0.714. The van der Waals surface area contributed by atoms with Gasteiger partial charge >= 0.3 is 6.03 Å². The van der Waals surface area contributed by atoms with Gasteiger partial charge in [-0.1, -0.05) is 12.1 Å². The zero-order chi connectivity index (χ0) is 18.3. The maximum absolute atomic E-state index is 12.9. The van der Waals surface area contributed by atoms with Crippen molar-refractivity contribution in [3.8, 4) is 0 Å². The third-order valence-corrected chi connectivity index (χ3v) is 4.09. The fourth-order valence-corrected chi connectivity index (χ4v) is 2.48. The number of hydrogen-bond acceptors (Lipinski definition) is 3. The van der Waals surface area contributed by atoms with Gasteiger partial charge in [-0.05, 0) is 44.4 Å². The molecule has 1 heterocycles. The minimum absolute atomic E-state index is 0.0404. The van der Waals surface area contributed by atoms with Crippen LogP contribution in [0.3, 0.4) is 0 Å². The lowest BCUT2D eigenvalue weighted by Gasteiger charge is -2.24. The molecule has 1 aromatic carbocycles. The van der Waals surface area contributed by atoms with Gasteiger partial charge in [0, 0.05) is 25.5 Å². The summed E-state index contributed by atoms with van der Waals surface area (Å²) in [5.74, 6) is 0.616. The van der Waals surface area contributed by atoms with Gasteiger partial charge in [0.15, 0.2) is 0 Å². The molecule has 0 aliphatic rings. The second-order valence-corrected chi connectivity index (χ2v) is 6.27. The Bertz CT molecular complexity index is 683. The molecule has 0 saturated carbocycles. The van der Waals surface area contributed by atoms with Crippen LogP contribution >= 0.6 is 0 Å². The number of halogens is 1. The molecule has 1 atom stereocenters. The summed E-state index contributed by atoms with van der Waals surface area (Å²) in [6.07, 6.45) is 5.49. The van der Waals surface area contributed by atoms with E-state index in [0.29, 0.717) is 12.1 Å². The molecule has 0 radical (unpaired) electrons. The molecule has 0 fully saturated rings. The highest BCUT2D eigenvalue weighted by atomic mass is 19.1. The first-order chi connectivity index (χ1) is 11.9. The number of rotatable bonds is 8. The average Bonchev–Trinajstić information content (AvgIpc) is 2.98. The molecular formula is C18H25FN4O2. The largest absolute Gasteiger partial charge is 0.384 e. The van der Waals surface area contributed by atoms with Crippen LogP contribution in [-0.4, -0.2) is 33.8 Å². The molecule has 0 saturated heterocycles. The summed E-state index contributed by atoms with van der Waals surface area (Å²) < 4.78 is 15.0. The Balaban J connectivity index is 1.64. The van der Waals surface area contributed by atoms with E-state index < -0.39 is 5.60 Å². The van der Waals surface area contributed by atoms with Gasteiger partial charge < -0.3 is 20.3 Å². The average molecular weight is 348 g/mol. The fraction of sp³-hybridized carbons (Fsp3) is 0.444. The number of amides is 2. The van der Waals surface area contributed by atoms with Crippen LogP contribution in [0.5, 0.6) is 0 Å². The second kappa shape index (κ2) is 8.62. The second-order valence-electron chi connectivity index (χ2n) is 6.27. The summed E-state index contributed by atoms with van der Waals surface area (Å²) in [7, 11) is 0. The Kier molecular flexibility index (Phi) is 6.52. The topological polar surface area (TPSA) is 79.2 Å². The van der Waals surface area contributed by atoms with Gasteiger partial charge in [0.1, 0.15) is 17.2 Å². The Morgan fingerprint density at radius 2 is 2.00 bits per heavy atom. The van der Waals surface area contributed by atoms with E-state index in [1.54, 1.807) is 13.1 Å². The zero-order valence-corrected chi connectivity index (χ0v) is 14.6.